The first-order chi connectivity index (χ1) is 9.72. The van der Waals surface area contributed by atoms with Crippen LogP contribution in [-0.2, 0) is 10.0 Å². The molecule has 5 nitrogen and oxygen atoms in total. The Labute approximate surface area is 133 Å². The van der Waals surface area contributed by atoms with Crippen molar-refractivity contribution in [1.82, 2.24) is 4.98 Å². The molecule has 2 aromatic rings. The SMILES string of the molecule is Cc1cc(Cl)c(S(=O)(=O)Nc2c(C)ccnc2Cl)cc1N. The minimum absolute atomic E-state index is 0.0646. The molecule has 0 aliphatic carbocycles. The van der Waals surface area contributed by atoms with Crippen molar-refractivity contribution < 1.29 is 8.42 Å². The maximum atomic E-state index is 12.5. The molecule has 0 spiro atoms. The summed E-state index contributed by atoms with van der Waals surface area (Å²) in [4.78, 5) is 3.75. The Morgan fingerprint density at radius 3 is 2.48 bits per heavy atom. The van der Waals surface area contributed by atoms with Gasteiger partial charge in [-0.25, -0.2) is 13.4 Å². The van der Waals surface area contributed by atoms with E-state index in [4.69, 9.17) is 28.9 Å². The molecule has 2 rings (SSSR count). The highest BCUT2D eigenvalue weighted by atomic mass is 35.5. The Morgan fingerprint density at radius 1 is 1.19 bits per heavy atom. The zero-order valence-electron chi connectivity index (χ0n) is 11.3. The lowest BCUT2D eigenvalue weighted by Gasteiger charge is -2.13. The normalized spacial score (nSPS) is 11.4. The van der Waals surface area contributed by atoms with Crippen molar-refractivity contribution in [2.24, 2.45) is 0 Å². The second-order valence-electron chi connectivity index (χ2n) is 4.54. The third-order valence-corrected chi connectivity index (χ3v) is 5.06. The molecular weight excluding hydrogens is 333 g/mol. The van der Waals surface area contributed by atoms with Crippen LogP contribution in [0.15, 0.2) is 29.3 Å². The topological polar surface area (TPSA) is 85.1 Å². The molecule has 1 aromatic carbocycles. The Balaban J connectivity index is 2.51. The molecule has 0 radical (unpaired) electrons. The van der Waals surface area contributed by atoms with E-state index >= 15 is 0 Å². The van der Waals surface area contributed by atoms with E-state index in [0.717, 1.165) is 0 Å². The maximum absolute atomic E-state index is 12.5. The van der Waals surface area contributed by atoms with Gasteiger partial charge in [-0.3, -0.25) is 4.72 Å². The van der Waals surface area contributed by atoms with Crippen molar-refractivity contribution in [1.29, 1.82) is 0 Å². The second kappa shape index (κ2) is 5.71. The Morgan fingerprint density at radius 2 is 1.86 bits per heavy atom. The molecule has 0 atom stereocenters. The summed E-state index contributed by atoms with van der Waals surface area (Å²) in [6.07, 6.45) is 1.49. The number of pyridine rings is 1. The second-order valence-corrected chi connectivity index (χ2v) is 6.95. The number of hydrogen-bond donors (Lipinski definition) is 2. The van der Waals surface area contributed by atoms with Crippen LogP contribution in [0.4, 0.5) is 11.4 Å². The van der Waals surface area contributed by atoms with Crippen LogP contribution >= 0.6 is 23.2 Å². The van der Waals surface area contributed by atoms with Crippen LogP contribution in [0.3, 0.4) is 0 Å². The van der Waals surface area contributed by atoms with E-state index in [2.05, 4.69) is 9.71 Å². The molecule has 0 bridgehead atoms. The summed E-state index contributed by atoms with van der Waals surface area (Å²) in [5, 5.41) is 0.154. The van der Waals surface area contributed by atoms with Gasteiger partial charge < -0.3 is 5.73 Å². The third-order valence-electron chi connectivity index (χ3n) is 2.96. The van der Waals surface area contributed by atoms with Crippen molar-refractivity contribution in [3.05, 3.63) is 45.7 Å². The van der Waals surface area contributed by atoms with E-state index in [1.54, 1.807) is 19.9 Å². The molecule has 0 amide bonds. The van der Waals surface area contributed by atoms with Gasteiger partial charge in [0.05, 0.1) is 10.7 Å². The van der Waals surface area contributed by atoms with Crippen molar-refractivity contribution in [3.63, 3.8) is 0 Å². The fourth-order valence-electron chi connectivity index (χ4n) is 1.71. The fourth-order valence-corrected chi connectivity index (χ4v) is 3.78. The van der Waals surface area contributed by atoms with Crippen LogP contribution in [0.2, 0.25) is 10.2 Å². The van der Waals surface area contributed by atoms with E-state index < -0.39 is 10.0 Å². The summed E-state index contributed by atoms with van der Waals surface area (Å²) in [6, 6.07) is 4.47. The third kappa shape index (κ3) is 3.23. The predicted octanol–water partition coefficient (Wildman–Crippen LogP) is 3.39. The number of nitrogens with zero attached hydrogens (tertiary/aromatic N) is 1. The molecule has 1 aromatic heterocycles. The zero-order valence-corrected chi connectivity index (χ0v) is 13.6. The van der Waals surface area contributed by atoms with Gasteiger partial charge in [0.25, 0.3) is 10.0 Å². The highest BCUT2D eigenvalue weighted by Gasteiger charge is 2.21. The average molecular weight is 346 g/mol. The number of anilines is 2. The van der Waals surface area contributed by atoms with Gasteiger partial charge in [-0.05, 0) is 43.2 Å². The minimum atomic E-state index is -3.91. The van der Waals surface area contributed by atoms with E-state index in [9.17, 15) is 8.42 Å². The fraction of sp³-hybridized carbons (Fsp3) is 0.154. The molecule has 0 unspecified atom stereocenters. The van der Waals surface area contributed by atoms with Gasteiger partial charge >= 0.3 is 0 Å². The summed E-state index contributed by atoms with van der Waals surface area (Å²) in [6.45, 7) is 3.46. The van der Waals surface area contributed by atoms with Gasteiger partial charge in [-0.1, -0.05) is 23.2 Å². The van der Waals surface area contributed by atoms with Crippen LogP contribution < -0.4 is 10.5 Å². The number of sulfonamides is 1. The molecule has 3 N–H and O–H groups in total. The molecule has 21 heavy (non-hydrogen) atoms. The number of nitrogens with one attached hydrogen (secondary N) is 1. The van der Waals surface area contributed by atoms with Gasteiger partial charge in [0.1, 0.15) is 4.90 Å². The quantitative estimate of drug-likeness (QED) is 0.659. The Kier molecular flexibility index (Phi) is 4.32. The smallest absolute Gasteiger partial charge is 0.263 e. The van der Waals surface area contributed by atoms with Gasteiger partial charge in [-0.15, -0.1) is 0 Å². The first-order valence-electron chi connectivity index (χ1n) is 5.92. The highest BCUT2D eigenvalue weighted by molar-refractivity contribution is 7.92. The Bertz CT molecular complexity index is 787. The van der Waals surface area contributed by atoms with Crippen molar-refractivity contribution in [3.8, 4) is 0 Å². The lowest BCUT2D eigenvalue weighted by molar-refractivity contribution is 0.601. The summed E-state index contributed by atoms with van der Waals surface area (Å²) >= 11 is 11.9. The number of nitrogen functional groups attached to an aromatic ring is 1. The summed E-state index contributed by atoms with van der Waals surface area (Å²) < 4.78 is 27.3. The number of halogens is 2. The molecule has 0 saturated carbocycles. The first-order valence-corrected chi connectivity index (χ1v) is 8.16. The molecule has 0 aliphatic heterocycles. The first kappa shape index (κ1) is 15.9. The van der Waals surface area contributed by atoms with E-state index in [-0.39, 0.29) is 20.8 Å². The van der Waals surface area contributed by atoms with Crippen LogP contribution in [-0.4, -0.2) is 13.4 Å². The van der Waals surface area contributed by atoms with Crippen LogP contribution in [0.25, 0.3) is 0 Å². The number of hydrogen-bond acceptors (Lipinski definition) is 4. The largest absolute Gasteiger partial charge is 0.398 e. The van der Waals surface area contributed by atoms with Gasteiger partial charge in [-0.2, -0.15) is 0 Å². The van der Waals surface area contributed by atoms with Crippen LogP contribution in [0.5, 0.6) is 0 Å². The molecule has 0 fully saturated rings. The zero-order chi connectivity index (χ0) is 15.8. The van der Waals surface area contributed by atoms with Gasteiger partial charge in [0, 0.05) is 11.9 Å². The lowest BCUT2D eigenvalue weighted by Crippen LogP contribution is -2.15. The summed E-state index contributed by atoms with van der Waals surface area (Å²) in [7, 11) is -3.91. The van der Waals surface area contributed by atoms with Crippen LogP contribution in [0.1, 0.15) is 11.1 Å². The average Bonchev–Trinajstić information content (AvgIpc) is 2.38. The van der Waals surface area contributed by atoms with E-state index in [1.807, 2.05) is 0 Å². The Hall–Kier alpha value is -1.50. The minimum Gasteiger partial charge on any atom is -0.398 e. The number of benzene rings is 1. The van der Waals surface area contributed by atoms with Crippen molar-refractivity contribution >= 4 is 44.6 Å². The number of nitrogens with two attached hydrogens (primary N) is 1. The highest BCUT2D eigenvalue weighted by Crippen LogP contribution is 2.31. The van der Waals surface area contributed by atoms with E-state index in [0.29, 0.717) is 16.8 Å². The van der Waals surface area contributed by atoms with Gasteiger partial charge in [0.15, 0.2) is 5.15 Å². The number of rotatable bonds is 3. The standard InChI is InChI=1S/C13H13Cl2N3O2S/c1-7-3-4-17-13(15)12(7)18-21(19,20)11-6-10(16)8(2)5-9(11)14/h3-6,18H,16H2,1-2H3. The molecule has 0 saturated heterocycles. The monoisotopic (exact) mass is 345 g/mol. The molecular formula is C13H13Cl2N3O2S. The van der Waals surface area contributed by atoms with Crippen molar-refractivity contribution in [2.45, 2.75) is 18.7 Å². The molecule has 112 valence electrons. The number of aryl methyl sites for hydroxylation is 2. The van der Waals surface area contributed by atoms with Crippen molar-refractivity contribution in [2.75, 3.05) is 10.5 Å². The predicted molar refractivity (Wildman–Crippen MR) is 85.4 cm³/mol. The molecule has 1 heterocycles. The van der Waals surface area contributed by atoms with Crippen LogP contribution in [0, 0.1) is 13.8 Å². The number of aromatic nitrogens is 1. The summed E-state index contributed by atoms with van der Waals surface area (Å²) in [5.74, 6) is 0. The summed E-state index contributed by atoms with van der Waals surface area (Å²) in [5.41, 5.74) is 7.66. The maximum Gasteiger partial charge on any atom is 0.263 e. The lowest BCUT2D eigenvalue weighted by atomic mass is 10.2. The van der Waals surface area contributed by atoms with E-state index in [1.165, 1.54) is 18.3 Å². The molecule has 0 aliphatic rings. The molecule has 8 heteroatoms. The van der Waals surface area contributed by atoms with Gasteiger partial charge in [0.2, 0.25) is 0 Å².